The van der Waals surface area contributed by atoms with Crippen LogP contribution >= 0.6 is 0 Å². The molecule has 4 heteroatoms. The molecule has 1 aliphatic rings. The van der Waals surface area contributed by atoms with Crippen molar-refractivity contribution in [3.05, 3.63) is 18.0 Å². The minimum absolute atomic E-state index is 0.568. The summed E-state index contributed by atoms with van der Waals surface area (Å²) in [6, 6.07) is 0.568. The van der Waals surface area contributed by atoms with Crippen LogP contribution in [0.5, 0.6) is 0 Å². The van der Waals surface area contributed by atoms with Crippen LogP contribution in [0, 0.1) is 5.92 Å². The molecule has 0 saturated carbocycles. The Morgan fingerprint density at radius 3 is 2.89 bits per heavy atom. The monoisotopic (exact) mass is 251 g/mol. The van der Waals surface area contributed by atoms with E-state index in [9.17, 15) is 0 Å². The highest BCUT2D eigenvalue weighted by Gasteiger charge is 2.23. The summed E-state index contributed by atoms with van der Waals surface area (Å²) in [6.07, 6.45) is 8.74. The van der Waals surface area contributed by atoms with Crippen molar-refractivity contribution in [1.29, 1.82) is 0 Å². The summed E-state index contributed by atoms with van der Waals surface area (Å²) in [4.78, 5) is 0. The minimum Gasteiger partial charge on any atom is -0.381 e. The highest BCUT2D eigenvalue weighted by Crippen LogP contribution is 2.21. The number of aromatic nitrogens is 2. The van der Waals surface area contributed by atoms with Crippen molar-refractivity contribution in [2.75, 3.05) is 19.8 Å². The number of nitrogens with zero attached hydrogens (tertiary/aromatic N) is 2. The molecule has 102 valence electrons. The number of rotatable bonds is 6. The normalized spacial score (nSPS) is 19.0. The highest BCUT2D eigenvalue weighted by molar-refractivity contribution is 5.06. The number of ether oxygens (including phenoxy) is 1. The Labute approximate surface area is 110 Å². The second-order valence-electron chi connectivity index (χ2n) is 5.24. The van der Waals surface area contributed by atoms with E-state index < -0.39 is 0 Å². The molecular weight excluding hydrogens is 226 g/mol. The van der Waals surface area contributed by atoms with Gasteiger partial charge in [0.2, 0.25) is 0 Å². The molecule has 1 atom stereocenters. The molecule has 0 aromatic carbocycles. The third kappa shape index (κ3) is 3.82. The van der Waals surface area contributed by atoms with Crippen molar-refractivity contribution in [3.8, 4) is 0 Å². The lowest BCUT2D eigenvalue weighted by molar-refractivity contribution is 0.0538. The first-order chi connectivity index (χ1) is 8.79. The van der Waals surface area contributed by atoms with Crippen LogP contribution in [0.15, 0.2) is 12.4 Å². The van der Waals surface area contributed by atoms with Crippen molar-refractivity contribution < 1.29 is 4.74 Å². The Bertz CT molecular complexity index is 345. The number of hydrogen-bond acceptors (Lipinski definition) is 3. The molecule has 0 amide bonds. The summed E-state index contributed by atoms with van der Waals surface area (Å²) >= 11 is 0. The van der Waals surface area contributed by atoms with E-state index in [1.807, 2.05) is 17.9 Å². The van der Waals surface area contributed by atoms with Crippen LogP contribution < -0.4 is 5.32 Å². The molecule has 2 heterocycles. The van der Waals surface area contributed by atoms with E-state index in [0.717, 1.165) is 32.1 Å². The molecule has 18 heavy (non-hydrogen) atoms. The van der Waals surface area contributed by atoms with E-state index in [-0.39, 0.29) is 0 Å². The van der Waals surface area contributed by atoms with Crippen molar-refractivity contribution in [1.82, 2.24) is 15.1 Å². The fourth-order valence-electron chi connectivity index (χ4n) is 2.68. The van der Waals surface area contributed by atoms with E-state index in [1.54, 1.807) is 0 Å². The van der Waals surface area contributed by atoms with Crippen molar-refractivity contribution in [2.45, 2.75) is 38.6 Å². The Hall–Kier alpha value is -0.870. The van der Waals surface area contributed by atoms with Crippen LogP contribution in [-0.4, -0.2) is 35.6 Å². The molecule has 2 rings (SSSR count). The zero-order valence-electron chi connectivity index (χ0n) is 11.6. The van der Waals surface area contributed by atoms with Gasteiger partial charge < -0.3 is 10.1 Å². The van der Waals surface area contributed by atoms with Crippen LogP contribution in [-0.2, 0) is 18.2 Å². The Balaban J connectivity index is 1.94. The number of aryl methyl sites for hydroxylation is 1. The van der Waals surface area contributed by atoms with E-state index >= 15 is 0 Å². The van der Waals surface area contributed by atoms with Gasteiger partial charge >= 0.3 is 0 Å². The highest BCUT2D eigenvalue weighted by atomic mass is 16.5. The maximum absolute atomic E-state index is 5.46. The predicted octanol–water partition coefficient (Wildman–Crippen LogP) is 1.76. The van der Waals surface area contributed by atoms with Gasteiger partial charge in [0, 0.05) is 32.5 Å². The molecule has 1 unspecified atom stereocenters. The molecule has 4 nitrogen and oxygen atoms in total. The summed E-state index contributed by atoms with van der Waals surface area (Å²) in [5, 5.41) is 7.96. The van der Waals surface area contributed by atoms with E-state index in [4.69, 9.17) is 4.74 Å². The predicted molar refractivity (Wildman–Crippen MR) is 72.5 cm³/mol. The molecule has 1 aromatic rings. The molecule has 1 aliphatic heterocycles. The van der Waals surface area contributed by atoms with Gasteiger partial charge in [-0.15, -0.1) is 0 Å². The van der Waals surface area contributed by atoms with Crippen molar-refractivity contribution >= 4 is 0 Å². The molecule has 1 N–H and O–H groups in total. The molecule has 0 aliphatic carbocycles. The first-order valence-corrected chi connectivity index (χ1v) is 7.08. The first-order valence-electron chi connectivity index (χ1n) is 7.08. The van der Waals surface area contributed by atoms with Crippen molar-refractivity contribution in [3.63, 3.8) is 0 Å². The topological polar surface area (TPSA) is 39.1 Å². The number of hydrogen-bond donors (Lipinski definition) is 1. The quantitative estimate of drug-likeness (QED) is 0.837. The van der Waals surface area contributed by atoms with Crippen LogP contribution in [0.25, 0.3) is 0 Å². The zero-order chi connectivity index (χ0) is 12.8. The largest absolute Gasteiger partial charge is 0.381 e. The summed E-state index contributed by atoms with van der Waals surface area (Å²) in [7, 11) is 1.98. The first kappa shape index (κ1) is 13.6. The Morgan fingerprint density at radius 2 is 2.28 bits per heavy atom. The smallest absolute Gasteiger partial charge is 0.0522 e. The average Bonchev–Trinajstić information content (AvgIpc) is 2.81. The maximum Gasteiger partial charge on any atom is 0.0522 e. The summed E-state index contributed by atoms with van der Waals surface area (Å²) < 4.78 is 7.35. The Kier molecular flexibility index (Phi) is 5.20. The molecule has 0 spiro atoms. The standard InChI is InChI=1S/C14H25N3O/c1-3-6-15-14(13-4-7-18-8-5-13)9-12-10-16-17(2)11-12/h10-11,13-15H,3-9H2,1-2H3. The molecule has 1 saturated heterocycles. The molecule has 0 bridgehead atoms. The van der Waals surface area contributed by atoms with E-state index in [2.05, 4.69) is 23.5 Å². The van der Waals surface area contributed by atoms with Crippen LogP contribution in [0.2, 0.25) is 0 Å². The summed E-state index contributed by atoms with van der Waals surface area (Å²) in [6.45, 7) is 5.16. The van der Waals surface area contributed by atoms with Crippen LogP contribution in [0.3, 0.4) is 0 Å². The van der Waals surface area contributed by atoms with Crippen LogP contribution in [0.4, 0.5) is 0 Å². The average molecular weight is 251 g/mol. The SMILES string of the molecule is CCCNC(Cc1cnn(C)c1)C1CCOCC1. The molecule has 1 aromatic heterocycles. The van der Waals surface area contributed by atoms with E-state index in [1.165, 1.54) is 24.8 Å². The lowest BCUT2D eigenvalue weighted by Crippen LogP contribution is -2.41. The van der Waals surface area contributed by atoms with Gasteiger partial charge in [-0.25, -0.2) is 0 Å². The van der Waals surface area contributed by atoms with Crippen molar-refractivity contribution in [2.24, 2.45) is 13.0 Å². The third-order valence-electron chi connectivity index (χ3n) is 3.71. The fraction of sp³-hybridized carbons (Fsp3) is 0.786. The maximum atomic E-state index is 5.46. The lowest BCUT2D eigenvalue weighted by Gasteiger charge is -2.31. The van der Waals surface area contributed by atoms with Gasteiger partial charge in [0.1, 0.15) is 0 Å². The van der Waals surface area contributed by atoms with Gasteiger partial charge in [0.15, 0.2) is 0 Å². The zero-order valence-corrected chi connectivity index (χ0v) is 11.6. The second-order valence-corrected chi connectivity index (χ2v) is 5.24. The fourth-order valence-corrected chi connectivity index (χ4v) is 2.68. The minimum atomic E-state index is 0.568. The van der Waals surface area contributed by atoms with Gasteiger partial charge in [0.05, 0.1) is 6.20 Å². The number of nitrogens with one attached hydrogen (secondary N) is 1. The molecule has 1 fully saturated rings. The molecule has 0 radical (unpaired) electrons. The summed E-state index contributed by atoms with van der Waals surface area (Å²) in [5.41, 5.74) is 1.33. The van der Waals surface area contributed by atoms with Gasteiger partial charge in [0.25, 0.3) is 0 Å². The second kappa shape index (κ2) is 6.90. The Morgan fingerprint density at radius 1 is 1.50 bits per heavy atom. The van der Waals surface area contributed by atoms with Gasteiger partial charge in [-0.2, -0.15) is 5.10 Å². The van der Waals surface area contributed by atoms with Gasteiger partial charge in [-0.1, -0.05) is 6.92 Å². The summed E-state index contributed by atoms with van der Waals surface area (Å²) in [5.74, 6) is 0.741. The lowest BCUT2D eigenvalue weighted by atomic mass is 9.88. The van der Waals surface area contributed by atoms with Gasteiger partial charge in [-0.3, -0.25) is 4.68 Å². The van der Waals surface area contributed by atoms with Gasteiger partial charge in [-0.05, 0) is 43.7 Å². The molecular formula is C14H25N3O. The van der Waals surface area contributed by atoms with E-state index in [0.29, 0.717) is 6.04 Å². The third-order valence-corrected chi connectivity index (χ3v) is 3.71. The van der Waals surface area contributed by atoms with Crippen LogP contribution in [0.1, 0.15) is 31.7 Å².